The maximum Gasteiger partial charge on any atom is 0.326 e. The lowest BCUT2D eigenvalue weighted by Crippen LogP contribution is -2.51. The quantitative estimate of drug-likeness (QED) is 0.591. The van der Waals surface area contributed by atoms with Crippen molar-refractivity contribution in [3.63, 3.8) is 0 Å². The van der Waals surface area contributed by atoms with Crippen molar-refractivity contribution >= 4 is 12.0 Å². The van der Waals surface area contributed by atoms with Gasteiger partial charge in [-0.2, -0.15) is 0 Å². The monoisotopic (exact) mass is 274 g/mol. The van der Waals surface area contributed by atoms with Crippen molar-refractivity contribution in [3.8, 4) is 0 Å². The number of rotatable bonds is 9. The van der Waals surface area contributed by atoms with Crippen LogP contribution in [0.3, 0.4) is 0 Å². The van der Waals surface area contributed by atoms with E-state index in [4.69, 9.17) is 10.2 Å². The molecule has 0 radical (unpaired) electrons. The Labute approximate surface area is 114 Å². The summed E-state index contributed by atoms with van der Waals surface area (Å²) in [5.74, 6) is -1.16. The minimum Gasteiger partial charge on any atom is -0.480 e. The van der Waals surface area contributed by atoms with Crippen LogP contribution in [0.25, 0.3) is 0 Å². The molecule has 0 aliphatic heterocycles. The van der Waals surface area contributed by atoms with Crippen LogP contribution in [-0.2, 0) is 4.79 Å². The first-order chi connectivity index (χ1) is 8.97. The highest BCUT2D eigenvalue weighted by molar-refractivity contribution is 5.82. The van der Waals surface area contributed by atoms with Gasteiger partial charge in [-0.1, -0.05) is 33.6 Å². The van der Waals surface area contributed by atoms with E-state index in [0.717, 1.165) is 12.8 Å². The molecule has 0 fully saturated rings. The van der Waals surface area contributed by atoms with Crippen molar-refractivity contribution in [2.24, 2.45) is 5.92 Å². The number of hydrogen-bond acceptors (Lipinski definition) is 3. The summed E-state index contributed by atoms with van der Waals surface area (Å²) in [6.07, 6.45) is 2.43. The fraction of sp³-hybridized carbons (Fsp3) is 0.846. The van der Waals surface area contributed by atoms with E-state index in [1.165, 1.54) is 4.90 Å². The number of aliphatic carboxylic acids is 1. The molecule has 0 spiro atoms. The fourth-order valence-corrected chi connectivity index (χ4v) is 1.69. The average Bonchev–Trinajstić information content (AvgIpc) is 2.39. The third kappa shape index (κ3) is 6.42. The number of hydrogen-bond donors (Lipinski definition) is 3. The van der Waals surface area contributed by atoms with Gasteiger partial charge in [-0.3, -0.25) is 0 Å². The number of urea groups is 1. The Kier molecular flexibility index (Phi) is 8.95. The highest BCUT2D eigenvalue weighted by Crippen LogP contribution is 2.09. The van der Waals surface area contributed by atoms with Crippen LogP contribution in [0.15, 0.2) is 0 Å². The second kappa shape index (κ2) is 9.61. The van der Waals surface area contributed by atoms with E-state index in [2.05, 4.69) is 5.32 Å². The summed E-state index contributed by atoms with van der Waals surface area (Å²) in [5.41, 5.74) is 0. The van der Waals surface area contributed by atoms with Crippen LogP contribution in [-0.4, -0.2) is 52.9 Å². The van der Waals surface area contributed by atoms with E-state index in [-0.39, 0.29) is 19.1 Å². The Morgan fingerprint density at radius 1 is 1.26 bits per heavy atom. The molecule has 3 N–H and O–H groups in total. The third-order valence-electron chi connectivity index (χ3n) is 3.20. The van der Waals surface area contributed by atoms with Gasteiger partial charge in [0.05, 0.1) is 6.61 Å². The molecular formula is C13H26N2O4. The van der Waals surface area contributed by atoms with Crippen molar-refractivity contribution < 1.29 is 19.8 Å². The maximum absolute atomic E-state index is 12.0. The van der Waals surface area contributed by atoms with Gasteiger partial charge >= 0.3 is 12.0 Å². The summed E-state index contributed by atoms with van der Waals surface area (Å²) < 4.78 is 0. The van der Waals surface area contributed by atoms with Crippen molar-refractivity contribution in [1.82, 2.24) is 10.2 Å². The zero-order valence-corrected chi connectivity index (χ0v) is 12.1. The van der Waals surface area contributed by atoms with Crippen LogP contribution in [0.4, 0.5) is 4.79 Å². The summed E-state index contributed by atoms with van der Waals surface area (Å²) in [6, 6.07) is -1.31. The molecule has 0 aromatic rings. The second-order valence-electron chi connectivity index (χ2n) is 4.72. The molecule has 0 aromatic carbocycles. The van der Waals surface area contributed by atoms with E-state index in [1.54, 1.807) is 6.92 Å². The minimum absolute atomic E-state index is 0.127. The van der Waals surface area contributed by atoms with Gasteiger partial charge in [0.25, 0.3) is 0 Å². The maximum atomic E-state index is 12.0. The highest BCUT2D eigenvalue weighted by Gasteiger charge is 2.27. The first-order valence-corrected chi connectivity index (χ1v) is 6.86. The average molecular weight is 274 g/mol. The van der Waals surface area contributed by atoms with Crippen molar-refractivity contribution in [3.05, 3.63) is 0 Å². The first kappa shape index (κ1) is 17.7. The van der Waals surface area contributed by atoms with Gasteiger partial charge in [0.1, 0.15) is 6.04 Å². The number of nitrogens with one attached hydrogen (secondary N) is 1. The Morgan fingerprint density at radius 3 is 2.32 bits per heavy atom. The predicted octanol–water partition coefficient (Wildman–Crippen LogP) is 1.29. The number of carbonyl (C=O) groups is 2. The molecule has 0 saturated carbocycles. The molecule has 0 saturated heterocycles. The summed E-state index contributed by atoms with van der Waals surface area (Å²) in [4.78, 5) is 24.6. The molecule has 0 bridgehead atoms. The Balaban J connectivity index is 4.60. The fourth-order valence-electron chi connectivity index (χ4n) is 1.69. The van der Waals surface area contributed by atoms with Crippen molar-refractivity contribution in [2.45, 2.75) is 46.1 Å². The summed E-state index contributed by atoms with van der Waals surface area (Å²) in [7, 11) is 0. The minimum atomic E-state index is -1.03. The molecule has 2 amide bonds. The standard InChI is InChI=1S/C13H26N2O4/c1-4-6-7-15(8-9-16)13(19)14-11(12(17)18)10(3)5-2/h10-11,16H,4-9H2,1-3H3,(H,14,19)(H,17,18)/t10-,11-/m0/s1. The number of aliphatic hydroxyl groups is 1. The van der Waals surface area contributed by atoms with Crippen LogP contribution in [0.1, 0.15) is 40.0 Å². The molecule has 0 rings (SSSR count). The number of nitrogens with zero attached hydrogens (tertiary/aromatic N) is 1. The second-order valence-corrected chi connectivity index (χ2v) is 4.72. The molecular weight excluding hydrogens is 248 g/mol. The van der Waals surface area contributed by atoms with E-state index < -0.39 is 18.0 Å². The number of carboxylic acid groups (broad SMARTS) is 1. The summed E-state index contributed by atoms with van der Waals surface area (Å²) >= 11 is 0. The molecule has 0 aliphatic rings. The molecule has 6 nitrogen and oxygen atoms in total. The van der Waals surface area contributed by atoms with Gasteiger partial charge in [0.15, 0.2) is 0 Å². The molecule has 112 valence electrons. The van der Waals surface area contributed by atoms with Crippen LogP contribution in [0, 0.1) is 5.92 Å². The van der Waals surface area contributed by atoms with Gasteiger partial charge in [-0.15, -0.1) is 0 Å². The van der Waals surface area contributed by atoms with Gasteiger partial charge in [-0.05, 0) is 12.3 Å². The van der Waals surface area contributed by atoms with E-state index in [1.807, 2.05) is 13.8 Å². The number of carboxylic acids is 1. The summed E-state index contributed by atoms with van der Waals surface area (Å²) in [6.45, 7) is 6.30. The zero-order valence-electron chi connectivity index (χ0n) is 12.1. The van der Waals surface area contributed by atoms with Crippen molar-refractivity contribution in [2.75, 3.05) is 19.7 Å². The van der Waals surface area contributed by atoms with Gasteiger partial charge < -0.3 is 20.4 Å². The molecule has 0 aromatic heterocycles. The summed E-state index contributed by atoms with van der Waals surface area (Å²) in [5, 5.41) is 20.6. The first-order valence-electron chi connectivity index (χ1n) is 6.86. The van der Waals surface area contributed by atoms with Crippen LogP contribution in [0.5, 0.6) is 0 Å². The third-order valence-corrected chi connectivity index (χ3v) is 3.20. The zero-order chi connectivity index (χ0) is 14.8. The lowest BCUT2D eigenvalue weighted by atomic mass is 9.99. The smallest absolute Gasteiger partial charge is 0.326 e. The van der Waals surface area contributed by atoms with Gasteiger partial charge in [0, 0.05) is 13.1 Å². The Morgan fingerprint density at radius 2 is 1.89 bits per heavy atom. The Hall–Kier alpha value is -1.30. The lowest BCUT2D eigenvalue weighted by Gasteiger charge is -2.26. The van der Waals surface area contributed by atoms with E-state index in [9.17, 15) is 9.59 Å². The normalized spacial score (nSPS) is 13.7. The molecule has 0 heterocycles. The lowest BCUT2D eigenvalue weighted by molar-refractivity contribution is -0.140. The molecule has 2 atom stereocenters. The molecule has 0 unspecified atom stereocenters. The number of carbonyl (C=O) groups excluding carboxylic acids is 1. The van der Waals surface area contributed by atoms with E-state index in [0.29, 0.717) is 13.0 Å². The van der Waals surface area contributed by atoms with E-state index >= 15 is 0 Å². The van der Waals surface area contributed by atoms with Crippen LogP contribution in [0.2, 0.25) is 0 Å². The van der Waals surface area contributed by atoms with Gasteiger partial charge in [0.2, 0.25) is 0 Å². The van der Waals surface area contributed by atoms with Crippen LogP contribution >= 0.6 is 0 Å². The largest absolute Gasteiger partial charge is 0.480 e. The molecule has 0 aliphatic carbocycles. The SMILES string of the molecule is CCCCN(CCO)C(=O)N[C@H](C(=O)O)[C@@H](C)CC. The van der Waals surface area contributed by atoms with Gasteiger partial charge in [-0.25, -0.2) is 9.59 Å². The van der Waals surface area contributed by atoms with Crippen molar-refractivity contribution in [1.29, 1.82) is 0 Å². The number of unbranched alkanes of at least 4 members (excludes halogenated alkanes) is 1. The highest BCUT2D eigenvalue weighted by atomic mass is 16.4. The topological polar surface area (TPSA) is 89.9 Å². The van der Waals surface area contributed by atoms with Crippen LogP contribution < -0.4 is 5.32 Å². The number of amides is 2. The predicted molar refractivity (Wildman–Crippen MR) is 73.0 cm³/mol. The molecule has 19 heavy (non-hydrogen) atoms. The molecule has 6 heteroatoms. The Bertz CT molecular complexity index is 284. The number of aliphatic hydroxyl groups excluding tert-OH is 1.